The predicted octanol–water partition coefficient (Wildman–Crippen LogP) is 4.22. The van der Waals surface area contributed by atoms with E-state index in [0.717, 1.165) is 0 Å². The second kappa shape index (κ2) is 6.44. The van der Waals surface area contributed by atoms with Crippen LogP contribution in [0.15, 0.2) is 42.5 Å². The first-order valence-electron chi connectivity index (χ1n) is 6.78. The van der Waals surface area contributed by atoms with Gasteiger partial charge in [0.1, 0.15) is 5.75 Å². The van der Waals surface area contributed by atoms with Gasteiger partial charge in [-0.2, -0.15) is 0 Å². The number of carbonyl (C=O) groups is 2. The SMILES string of the molecule is O=C1COc2ccc(C(=O)/C=C/c3c(Cl)cccc3Cl)cc2N1. The van der Waals surface area contributed by atoms with E-state index < -0.39 is 0 Å². The van der Waals surface area contributed by atoms with Crippen molar-refractivity contribution in [2.75, 3.05) is 11.9 Å². The third-order valence-corrected chi connectivity index (χ3v) is 3.96. The molecule has 0 atom stereocenters. The molecule has 1 aliphatic heterocycles. The van der Waals surface area contributed by atoms with Crippen LogP contribution in [0.2, 0.25) is 10.0 Å². The van der Waals surface area contributed by atoms with Gasteiger partial charge in [0, 0.05) is 21.2 Å². The van der Waals surface area contributed by atoms with Crippen LogP contribution in [0.5, 0.6) is 5.75 Å². The van der Waals surface area contributed by atoms with Gasteiger partial charge >= 0.3 is 0 Å². The Morgan fingerprint density at radius 1 is 1.17 bits per heavy atom. The fourth-order valence-corrected chi connectivity index (χ4v) is 2.68. The maximum atomic E-state index is 12.3. The summed E-state index contributed by atoms with van der Waals surface area (Å²) >= 11 is 12.1. The number of hydrogen-bond donors (Lipinski definition) is 1. The lowest BCUT2D eigenvalue weighted by Gasteiger charge is -2.17. The Hall–Kier alpha value is -2.30. The highest BCUT2D eigenvalue weighted by Gasteiger charge is 2.17. The summed E-state index contributed by atoms with van der Waals surface area (Å²) < 4.78 is 5.25. The number of ketones is 1. The van der Waals surface area contributed by atoms with Gasteiger partial charge in [-0.1, -0.05) is 29.3 Å². The first-order chi connectivity index (χ1) is 11.0. The molecule has 4 nitrogen and oxygen atoms in total. The van der Waals surface area contributed by atoms with E-state index >= 15 is 0 Å². The molecular weight excluding hydrogens is 337 g/mol. The molecule has 1 heterocycles. The van der Waals surface area contributed by atoms with Crippen LogP contribution in [0.1, 0.15) is 15.9 Å². The Balaban J connectivity index is 1.85. The van der Waals surface area contributed by atoms with E-state index in [4.69, 9.17) is 27.9 Å². The van der Waals surface area contributed by atoms with Crippen molar-refractivity contribution in [1.29, 1.82) is 0 Å². The van der Waals surface area contributed by atoms with Crippen LogP contribution in [0.25, 0.3) is 6.08 Å². The van der Waals surface area contributed by atoms with E-state index in [-0.39, 0.29) is 18.3 Å². The molecule has 0 saturated carbocycles. The minimum absolute atomic E-state index is 0.0226. The number of fused-ring (bicyclic) bond motifs is 1. The maximum Gasteiger partial charge on any atom is 0.262 e. The molecule has 0 fully saturated rings. The number of anilines is 1. The number of rotatable bonds is 3. The zero-order valence-electron chi connectivity index (χ0n) is 11.8. The van der Waals surface area contributed by atoms with E-state index in [1.165, 1.54) is 6.08 Å². The van der Waals surface area contributed by atoms with E-state index in [1.807, 2.05) is 0 Å². The molecule has 2 aromatic rings. The Morgan fingerprint density at radius 2 is 1.91 bits per heavy atom. The highest BCUT2D eigenvalue weighted by atomic mass is 35.5. The van der Waals surface area contributed by atoms with Crippen LogP contribution in [0.4, 0.5) is 5.69 Å². The average molecular weight is 348 g/mol. The van der Waals surface area contributed by atoms with Gasteiger partial charge in [0.05, 0.1) is 5.69 Å². The lowest BCUT2D eigenvalue weighted by molar-refractivity contribution is -0.118. The van der Waals surface area contributed by atoms with Crippen molar-refractivity contribution in [3.05, 3.63) is 63.6 Å². The zero-order valence-corrected chi connectivity index (χ0v) is 13.3. The molecule has 0 spiro atoms. The van der Waals surface area contributed by atoms with Crippen LogP contribution in [-0.4, -0.2) is 18.3 Å². The first kappa shape index (κ1) is 15.6. The molecule has 23 heavy (non-hydrogen) atoms. The van der Waals surface area contributed by atoms with Gasteiger partial charge in [-0.25, -0.2) is 0 Å². The molecule has 0 saturated heterocycles. The van der Waals surface area contributed by atoms with Gasteiger partial charge in [-0.15, -0.1) is 0 Å². The number of nitrogens with one attached hydrogen (secondary N) is 1. The second-order valence-corrected chi connectivity index (χ2v) is 5.70. The molecule has 0 aromatic heterocycles. The molecular formula is C17H11Cl2NO3. The fourth-order valence-electron chi connectivity index (χ4n) is 2.16. The molecule has 3 rings (SSSR count). The van der Waals surface area contributed by atoms with Crippen molar-refractivity contribution in [2.45, 2.75) is 0 Å². The largest absolute Gasteiger partial charge is 0.482 e. The number of amides is 1. The van der Waals surface area contributed by atoms with Gasteiger partial charge in [-0.3, -0.25) is 9.59 Å². The summed E-state index contributed by atoms with van der Waals surface area (Å²) in [5.41, 5.74) is 1.49. The summed E-state index contributed by atoms with van der Waals surface area (Å²) in [7, 11) is 0. The summed E-state index contributed by atoms with van der Waals surface area (Å²) in [6.45, 7) is -0.0226. The number of benzene rings is 2. The third kappa shape index (κ3) is 3.38. The molecule has 0 aliphatic carbocycles. The summed E-state index contributed by atoms with van der Waals surface area (Å²) in [6.07, 6.45) is 2.96. The van der Waals surface area contributed by atoms with Crippen molar-refractivity contribution in [1.82, 2.24) is 0 Å². The zero-order chi connectivity index (χ0) is 16.4. The van der Waals surface area contributed by atoms with Crippen molar-refractivity contribution < 1.29 is 14.3 Å². The van der Waals surface area contributed by atoms with Crippen molar-refractivity contribution in [3.63, 3.8) is 0 Å². The normalized spacial score (nSPS) is 13.4. The van der Waals surface area contributed by atoms with E-state index in [0.29, 0.717) is 32.6 Å². The quantitative estimate of drug-likeness (QED) is 0.667. The van der Waals surface area contributed by atoms with E-state index in [2.05, 4.69) is 5.32 Å². The van der Waals surface area contributed by atoms with Gasteiger partial charge < -0.3 is 10.1 Å². The molecule has 2 aromatic carbocycles. The number of carbonyl (C=O) groups excluding carboxylic acids is 2. The Morgan fingerprint density at radius 3 is 2.65 bits per heavy atom. The van der Waals surface area contributed by atoms with Crippen LogP contribution in [0, 0.1) is 0 Å². The Labute approximate surface area is 142 Å². The monoisotopic (exact) mass is 347 g/mol. The number of ether oxygens (including phenoxy) is 1. The minimum Gasteiger partial charge on any atom is -0.482 e. The van der Waals surface area contributed by atoms with Gasteiger partial charge in [-0.05, 0) is 42.5 Å². The van der Waals surface area contributed by atoms with Crippen LogP contribution < -0.4 is 10.1 Å². The maximum absolute atomic E-state index is 12.3. The fraction of sp³-hybridized carbons (Fsp3) is 0.0588. The Bertz CT molecular complexity index is 810. The van der Waals surface area contributed by atoms with Gasteiger partial charge in [0.25, 0.3) is 5.91 Å². The standard InChI is InChI=1S/C17H11Cl2NO3/c18-12-2-1-3-13(19)11(12)5-6-15(21)10-4-7-16-14(8-10)20-17(22)9-23-16/h1-8H,9H2,(H,20,22)/b6-5+. The van der Waals surface area contributed by atoms with Crippen LogP contribution in [0.3, 0.4) is 0 Å². The number of hydrogen-bond acceptors (Lipinski definition) is 3. The van der Waals surface area contributed by atoms with Crippen LogP contribution in [-0.2, 0) is 4.79 Å². The highest BCUT2D eigenvalue weighted by Crippen LogP contribution is 2.29. The molecule has 0 unspecified atom stereocenters. The molecule has 1 N–H and O–H groups in total. The smallest absolute Gasteiger partial charge is 0.262 e. The van der Waals surface area contributed by atoms with Crippen LogP contribution >= 0.6 is 23.2 Å². The molecule has 1 aliphatic rings. The summed E-state index contributed by atoms with van der Waals surface area (Å²) in [5.74, 6) is 0.0587. The number of halogens is 2. The van der Waals surface area contributed by atoms with E-state index in [1.54, 1.807) is 42.5 Å². The second-order valence-electron chi connectivity index (χ2n) is 4.88. The molecule has 116 valence electrons. The Kier molecular flexibility index (Phi) is 4.37. The summed E-state index contributed by atoms with van der Waals surface area (Å²) in [6, 6.07) is 9.99. The lowest BCUT2D eigenvalue weighted by atomic mass is 10.1. The molecule has 1 amide bonds. The third-order valence-electron chi connectivity index (χ3n) is 3.30. The highest BCUT2D eigenvalue weighted by molar-refractivity contribution is 6.37. The van der Waals surface area contributed by atoms with Gasteiger partial charge in [0.15, 0.2) is 12.4 Å². The van der Waals surface area contributed by atoms with Crippen molar-refractivity contribution >= 4 is 46.7 Å². The van der Waals surface area contributed by atoms with E-state index in [9.17, 15) is 9.59 Å². The first-order valence-corrected chi connectivity index (χ1v) is 7.53. The summed E-state index contributed by atoms with van der Waals surface area (Å²) in [5, 5.41) is 3.60. The molecule has 0 bridgehead atoms. The van der Waals surface area contributed by atoms with Gasteiger partial charge in [0.2, 0.25) is 0 Å². The van der Waals surface area contributed by atoms with Crippen molar-refractivity contribution in [3.8, 4) is 5.75 Å². The van der Waals surface area contributed by atoms with Crippen molar-refractivity contribution in [2.24, 2.45) is 0 Å². The lowest BCUT2D eigenvalue weighted by Crippen LogP contribution is -2.25. The summed E-state index contributed by atoms with van der Waals surface area (Å²) in [4.78, 5) is 23.6. The topological polar surface area (TPSA) is 55.4 Å². The minimum atomic E-state index is -0.250. The predicted molar refractivity (Wildman–Crippen MR) is 90.4 cm³/mol. The number of allylic oxidation sites excluding steroid dienone is 1. The molecule has 6 heteroatoms. The average Bonchev–Trinajstić information content (AvgIpc) is 2.53. The molecule has 0 radical (unpaired) electrons.